The van der Waals surface area contributed by atoms with Gasteiger partial charge in [-0.1, -0.05) is 50.2 Å². The summed E-state index contributed by atoms with van der Waals surface area (Å²) in [5, 5.41) is 14.4. The fourth-order valence-corrected chi connectivity index (χ4v) is 4.28. The molecule has 4 rings (SSSR count). The number of ether oxygens (including phenoxy) is 1. The molecule has 1 aliphatic heterocycles. The Morgan fingerprint density at radius 2 is 1.67 bits per heavy atom. The monoisotopic (exact) mass is 446 g/mol. The number of hydrogen-bond donors (Lipinski definition) is 2. The number of nitrogens with one attached hydrogen (secondary N) is 1. The zero-order valence-electron chi connectivity index (χ0n) is 18.6. The van der Waals surface area contributed by atoms with E-state index in [-0.39, 0.29) is 23.8 Å². The van der Waals surface area contributed by atoms with E-state index in [2.05, 4.69) is 5.32 Å². The number of imide groups is 1. The highest BCUT2D eigenvalue weighted by Gasteiger charge is 2.63. The lowest BCUT2D eigenvalue weighted by atomic mass is 9.72. The van der Waals surface area contributed by atoms with Crippen molar-refractivity contribution in [1.82, 2.24) is 10.2 Å². The first-order valence-electron chi connectivity index (χ1n) is 11.0. The van der Waals surface area contributed by atoms with Gasteiger partial charge >= 0.3 is 12.0 Å². The molecule has 0 aromatic heterocycles. The van der Waals surface area contributed by atoms with Crippen LogP contribution in [-0.4, -0.2) is 34.1 Å². The minimum absolute atomic E-state index is 0.0246. The second-order valence-corrected chi connectivity index (χ2v) is 8.18. The molecule has 1 saturated heterocycles. The molecular formula is C26H26N2O5. The number of rotatable bonds is 6. The molecule has 0 radical (unpaired) electrons. The van der Waals surface area contributed by atoms with Crippen molar-refractivity contribution in [2.24, 2.45) is 5.41 Å². The first-order valence-corrected chi connectivity index (χ1v) is 11.0. The van der Waals surface area contributed by atoms with E-state index in [1.54, 1.807) is 0 Å². The Morgan fingerprint density at radius 1 is 1.00 bits per heavy atom. The number of fused-ring (bicyclic) bond motifs is 1. The summed E-state index contributed by atoms with van der Waals surface area (Å²) in [6, 6.07) is 18.8. The molecule has 0 spiro atoms. The van der Waals surface area contributed by atoms with Gasteiger partial charge in [0, 0.05) is 6.54 Å². The lowest BCUT2D eigenvalue weighted by molar-refractivity contribution is -0.197. The molecule has 3 aromatic rings. The highest BCUT2D eigenvalue weighted by atomic mass is 16.6. The molecule has 1 aliphatic rings. The Morgan fingerprint density at radius 3 is 2.33 bits per heavy atom. The number of hydrogen-bond acceptors (Lipinski definition) is 5. The van der Waals surface area contributed by atoms with E-state index < -0.39 is 23.6 Å². The third-order valence-electron chi connectivity index (χ3n) is 6.41. The second-order valence-electron chi connectivity index (χ2n) is 8.18. The highest BCUT2D eigenvalue weighted by molar-refractivity contribution is 6.04. The zero-order valence-corrected chi connectivity index (χ0v) is 18.6. The van der Waals surface area contributed by atoms with Gasteiger partial charge in [0.15, 0.2) is 0 Å². The molecule has 1 atom stereocenters. The lowest BCUT2D eigenvalue weighted by Gasteiger charge is -2.52. The number of benzene rings is 3. The van der Waals surface area contributed by atoms with Crippen molar-refractivity contribution in [3.63, 3.8) is 0 Å². The Kier molecular flexibility index (Phi) is 6.05. The highest BCUT2D eigenvalue weighted by Crippen LogP contribution is 2.46. The maximum Gasteiger partial charge on any atom is 0.340 e. The summed E-state index contributed by atoms with van der Waals surface area (Å²) in [5.41, 5.74) is 0.182. The summed E-state index contributed by atoms with van der Waals surface area (Å²) in [6.07, 6.45) is -0.132. The Labute approximate surface area is 192 Å². The number of carbonyl (C=O) groups excluding carboxylic acids is 3. The van der Waals surface area contributed by atoms with Crippen LogP contribution in [0.5, 0.6) is 5.75 Å². The van der Waals surface area contributed by atoms with E-state index in [1.165, 1.54) is 24.3 Å². The molecule has 33 heavy (non-hydrogen) atoms. The third-order valence-corrected chi connectivity index (χ3v) is 6.41. The molecule has 0 bridgehead atoms. The lowest BCUT2D eigenvalue weighted by Crippen LogP contribution is -2.72. The summed E-state index contributed by atoms with van der Waals surface area (Å²) < 4.78 is 5.65. The minimum atomic E-state index is -1.00. The Hall–Kier alpha value is -3.87. The molecule has 0 saturated carbocycles. The number of β-lactam (4-membered cyclic amide) rings is 1. The number of nitrogens with zero attached hydrogens (tertiary/aromatic N) is 1. The number of likely N-dealkylation sites (tertiary alicyclic amines) is 1. The fourth-order valence-electron chi connectivity index (χ4n) is 4.28. The summed E-state index contributed by atoms with van der Waals surface area (Å²) >= 11 is 0. The SMILES string of the molecule is CCC1(CC)C(=O)N(C(=O)NCc2ccc3ccccc3c2)[C@H]1OC(=O)c1ccc(O)cc1. The number of urea groups is 1. The molecule has 1 fully saturated rings. The molecule has 2 N–H and O–H groups in total. The second kappa shape index (κ2) is 8.94. The Balaban J connectivity index is 1.49. The standard InChI is InChI=1S/C26H26N2O5/c1-3-26(4-2)23(31)28(24(26)33-22(30)19-11-13-21(29)14-12-19)25(32)27-16-17-9-10-18-7-5-6-8-20(18)15-17/h5-15,24,29H,3-4,16H2,1-2H3,(H,27,32)/t24-/m0/s1. The Bertz CT molecular complexity index is 1200. The maximum atomic E-state index is 13.0. The molecule has 7 heteroatoms. The van der Waals surface area contributed by atoms with Crippen molar-refractivity contribution in [1.29, 1.82) is 0 Å². The minimum Gasteiger partial charge on any atom is -0.508 e. The number of aromatic hydroxyl groups is 1. The van der Waals surface area contributed by atoms with Crippen LogP contribution in [0.25, 0.3) is 10.8 Å². The average Bonchev–Trinajstić information content (AvgIpc) is 2.83. The molecule has 0 unspecified atom stereocenters. The number of esters is 1. The van der Waals surface area contributed by atoms with Crippen molar-refractivity contribution >= 4 is 28.7 Å². The topological polar surface area (TPSA) is 95.9 Å². The van der Waals surface area contributed by atoms with E-state index in [0.717, 1.165) is 21.2 Å². The molecule has 170 valence electrons. The van der Waals surface area contributed by atoms with E-state index in [1.807, 2.05) is 56.3 Å². The zero-order chi connectivity index (χ0) is 23.6. The predicted molar refractivity (Wildman–Crippen MR) is 123 cm³/mol. The normalized spacial score (nSPS) is 16.8. The number of phenols is 1. The number of amides is 3. The van der Waals surface area contributed by atoms with Crippen LogP contribution in [0.2, 0.25) is 0 Å². The predicted octanol–water partition coefficient (Wildman–Crippen LogP) is 4.59. The van der Waals surface area contributed by atoms with Gasteiger partial charge in [-0.25, -0.2) is 14.5 Å². The first kappa shape index (κ1) is 22.3. The van der Waals surface area contributed by atoms with Gasteiger partial charge in [-0.15, -0.1) is 0 Å². The van der Waals surface area contributed by atoms with Crippen LogP contribution in [0.4, 0.5) is 4.79 Å². The van der Waals surface area contributed by atoms with Crippen LogP contribution in [-0.2, 0) is 16.1 Å². The number of carbonyl (C=O) groups is 3. The summed E-state index contributed by atoms with van der Waals surface area (Å²) in [5.74, 6) is -0.991. The van der Waals surface area contributed by atoms with Crippen LogP contribution in [0.1, 0.15) is 42.6 Å². The summed E-state index contributed by atoms with van der Waals surface area (Å²) in [6.45, 7) is 3.91. The van der Waals surface area contributed by atoms with E-state index in [9.17, 15) is 19.5 Å². The third kappa shape index (κ3) is 4.02. The van der Waals surface area contributed by atoms with Crippen LogP contribution in [0.15, 0.2) is 66.7 Å². The summed E-state index contributed by atoms with van der Waals surface area (Å²) in [7, 11) is 0. The largest absolute Gasteiger partial charge is 0.508 e. The van der Waals surface area contributed by atoms with Crippen molar-refractivity contribution < 1.29 is 24.2 Å². The summed E-state index contributed by atoms with van der Waals surface area (Å²) in [4.78, 5) is 39.6. The van der Waals surface area contributed by atoms with Gasteiger partial charge in [0.25, 0.3) is 0 Å². The van der Waals surface area contributed by atoms with Gasteiger partial charge in [-0.05, 0) is 59.5 Å². The van der Waals surface area contributed by atoms with Crippen LogP contribution >= 0.6 is 0 Å². The van der Waals surface area contributed by atoms with Crippen LogP contribution in [0.3, 0.4) is 0 Å². The smallest absolute Gasteiger partial charge is 0.340 e. The molecule has 3 aromatic carbocycles. The molecular weight excluding hydrogens is 420 g/mol. The fraction of sp³-hybridized carbons (Fsp3) is 0.269. The van der Waals surface area contributed by atoms with Gasteiger partial charge in [0.05, 0.1) is 5.56 Å². The van der Waals surface area contributed by atoms with E-state index in [4.69, 9.17) is 4.74 Å². The maximum absolute atomic E-state index is 13.0. The van der Waals surface area contributed by atoms with Crippen molar-refractivity contribution in [2.45, 2.75) is 39.5 Å². The van der Waals surface area contributed by atoms with Crippen LogP contribution in [0, 0.1) is 5.41 Å². The quantitative estimate of drug-likeness (QED) is 0.427. The van der Waals surface area contributed by atoms with Gasteiger partial charge in [-0.2, -0.15) is 0 Å². The van der Waals surface area contributed by atoms with Crippen molar-refractivity contribution in [3.05, 3.63) is 77.9 Å². The van der Waals surface area contributed by atoms with Gasteiger partial charge < -0.3 is 15.2 Å². The van der Waals surface area contributed by atoms with Gasteiger partial charge in [0.2, 0.25) is 12.1 Å². The van der Waals surface area contributed by atoms with Crippen LogP contribution < -0.4 is 5.32 Å². The van der Waals surface area contributed by atoms with Crippen molar-refractivity contribution in [2.75, 3.05) is 0 Å². The van der Waals surface area contributed by atoms with E-state index >= 15 is 0 Å². The van der Waals surface area contributed by atoms with Gasteiger partial charge in [0.1, 0.15) is 11.2 Å². The molecule has 0 aliphatic carbocycles. The van der Waals surface area contributed by atoms with E-state index in [0.29, 0.717) is 12.8 Å². The molecule has 1 heterocycles. The first-order chi connectivity index (χ1) is 15.9. The average molecular weight is 447 g/mol. The molecule has 3 amide bonds. The van der Waals surface area contributed by atoms with Crippen molar-refractivity contribution in [3.8, 4) is 5.75 Å². The number of phenolic OH excluding ortho intramolecular Hbond substituents is 1. The molecule has 7 nitrogen and oxygen atoms in total. The van der Waals surface area contributed by atoms with Gasteiger partial charge in [-0.3, -0.25) is 4.79 Å².